The molecule has 8 heteroatoms. The average Bonchev–Trinajstić information content (AvgIpc) is 2.86. The third-order valence-electron chi connectivity index (χ3n) is 5.38. The topological polar surface area (TPSA) is 59.9 Å². The van der Waals surface area contributed by atoms with Crippen LogP contribution in [0.1, 0.15) is 23.6 Å². The van der Waals surface area contributed by atoms with Gasteiger partial charge in [-0.2, -0.15) is 5.10 Å². The number of amides is 1. The van der Waals surface area contributed by atoms with Crippen LogP contribution in [0.5, 0.6) is 11.5 Å². The van der Waals surface area contributed by atoms with Gasteiger partial charge in [0.25, 0.3) is 0 Å². The fourth-order valence-corrected chi connectivity index (χ4v) is 4.55. The highest BCUT2D eigenvalue weighted by atomic mass is 79.9. The number of carbonyl (C=O) groups excluding carboxylic acids is 1. The van der Waals surface area contributed by atoms with Gasteiger partial charge in [0, 0.05) is 25.6 Å². The molecule has 1 amide bonds. The molecule has 0 aliphatic rings. The SMILES string of the molecule is CCOc1cc(/C=N\NC(=O)Cc2cccc3ccccc23)c(Br)cc1OCc1ccc(Cl)cc1Cl. The van der Waals surface area contributed by atoms with Gasteiger partial charge < -0.3 is 9.47 Å². The summed E-state index contributed by atoms with van der Waals surface area (Å²) in [6.45, 7) is 2.60. The van der Waals surface area contributed by atoms with Crippen molar-refractivity contribution in [2.45, 2.75) is 20.0 Å². The Bertz CT molecular complexity index is 1420. The lowest BCUT2D eigenvalue weighted by molar-refractivity contribution is -0.120. The molecule has 0 aromatic heterocycles. The van der Waals surface area contributed by atoms with Crippen LogP contribution in [0.4, 0.5) is 0 Å². The van der Waals surface area contributed by atoms with Crippen molar-refractivity contribution in [3.8, 4) is 11.5 Å². The van der Waals surface area contributed by atoms with Gasteiger partial charge >= 0.3 is 0 Å². The zero-order valence-corrected chi connectivity index (χ0v) is 22.5. The van der Waals surface area contributed by atoms with Crippen molar-refractivity contribution >= 4 is 62.0 Å². The van der Waals surface area contributed by atoms with Gasteiger partial charge in [-0.25, -0.2) is 5.43 Å². The second-order valence-electron chi connectivity index (χ2n) is 7.89. The zero-order valence-electron chi connectivity index (χ0n) is 19.4. The molecule has 0 spiro atoms. The molecule has 0 aliphatic heterocycles. The van der Waals surface area contributed by atoms with Crippen LogP contribution in [0.25, 0.3) is 10.8 Å². The van der Waals surface area contributed by atoms with E-state index in [0.29, 0.717) is 28.2 Å². The smallest absolute Gasteiger partial charge is 0.244 e. The first kappa shape index (κ1) is 26.0. The highest BCUT2D eigenvalue weighted by molar-refractivity contribution is 9.10. The molecule has 1 N–H and O–H groups in total. The minimum Gasteiger partial charge on any atom is -0.490 e. The van der Waals surface area contributed by atoms with Gasteiger partial charge in [-0.05, 0) is 63.5 Å². The molecule has 4 aromatic carbocycles. The molecule has 0 saturated heterocycles. The summed E-state index contributed by atoms with van der Waals surface area (Å²) in [5, 5.41) is 7.39. The van der Waals surface area contributed by atoms with Crippen molar-refractivity contribution in [3.63, 3.8) is 0 Å². The fourth-order valence-electron chi connectivity index (χ4n) is 3.66. The first-order valence-electron chi connectivity index (χ1n) is 11.3. The van der Waals surface area contributed by atoms with Gasteiger partial charge in [0.1, 0.15) is 6.61 Å². The van der Waals surface area contributed by atoms with Crippen LogP contribution in [0.3, 0.4) is 0 Å². The van der Waals surface area contributed by atoms with E-state index in [2.05, 4.69) is 26.5 Å². The second-order valence-corrected chi connectivity index (χ2v) is 9.58. The number of hydrogen-bond donors (Lipinski definition) is 1. The number of fused-ring (bicyclic) bond motifs is 1. The molecule has 184 valence electrons. The van der Waals surface area contributed by atoms with E-state index in [-0.39, 0.29) is 18.9 Å². The van der Waals surface area contributed by atoms with Crippen molar-refractivity contribution in [1.29, 1.82) is 0 Å². The summed E-state index contributed by atoms with van der Waals surface area (Å²) in [4.78, 5) is 12.5. The maximum Gasteiger partial charge on any atom is 0.244 e. The fraction of sp³-hybridized carbons (Fsp3) is 0.143. The van der Waals surface area contributed by atoms with E-state index in [4.69, 9.17) is 32.7 Å². The van der Waals surface area contributed by atoms with E-state index in [1.807, 2.05) is 55.5 Å². The Balaban J connectivity index is 1.44. The number of hydrogen-bond acceptors (Lipinski definition) is 4. The summed E-state index contributed by atoms with van der Waals surface area (Å²) in [6.07, 6.45) is 1.79. The Morgan fingerprint density at radius 3 is 2.56 bits per heavy atom. The van der Waals surface area contributed by atoms with Crippen LogP contribution in [0.2, 0.25) is 10.0 Å². The van der Waals surface area contributed by atoms with E-state index in [1.54, 1.807) is 30.5 Å². The molecule has 0 fully saturated rings. The Morgan fingerprint density at radius 2 is 1.75 bits per heavy atom. The molecule has 0 bridgehead atoms. The quantitative estimate of drug-likeness (QED) is 0.163. The highest BCUT2D eigenvalue weighted by Gasteiger charge is 2.12. The highest BCUT2D eigenvalue weighted by Crippen LogP contribution is 2.34. The van der Waals surface area contributed by atoms with Gasteiger partial charge in [-0.1, -0.05) is 71.7 Å². The molecule has 4 aromatic rings. The van der Waals surface area contributed by atoms with Crippen LogP contribution in [0.15, 0.2) is 82.4 Å². The summed E-state index contributed by atoms with van der Waals surface area (Å²) in [5.41, 5.74) is 5.08. The predicted molar refractivity (Wildman–Crippen MR) is 149 cm³/mol. The molecule has 0 unspecified atom stereocenters. The van der Waals surface area contributed by atoms with Gasteiger partial charge in [-0.15, -0.1) is 0 Å². The molecule has 0 atom stereocenters. The Kier molecular flexibility index (Phi) is 8.86. The summed E-state index contributed by atoms with van der Waals surface area (Å²) in [5.74, 6) is 0.893. The Morgan fingerprint density at radius 1 is 0.972 bits per heavy atom. The number of nitrogens with one attached hydrogen (secondary N) is 1. The maximum atomic E-state index is 12.5. The minimum absolute atomic E-state index is 0.205. The molecule has 0 saturated carbocycles. The third kappa shape index (κ3) is 6.58. The monoisotopic (exact) mass is 584 g/mol. The van der Waals surface area contributed by atoms with Crippen molar-refractivity contribution in [3.05, 3.63) is 104 Å². The number of ether oxygens (including phenoxy) is 2. The van der Waals surface area contributed by atoms with Crippen LogP contribution < -0.4 is 14.9 Å². The minimum atomic E-state index is -0.205. The number of nitrogens with zero attached hydrogens (tertiary/aromatic N) is 1. The molecular formula is C28H23BrCl2N2O3. The molecular weight excluding hydrogens is 563 g/mol. The molecule has 0 radical (unpaired) electrons. The summed E-state index contributed by atoms with van der Waals surface area (Å²) in [6, 6.07) is 22.8. The lowest BCUT2D eigenvalue weighted by Gasteiger charge is -2.14. The van der Waals surface area contributed by atoms with E-state index >= 15 is 0 Å². The van der Waals surface area contributed by atoms with E-state index in [0.717, 1.165) is 31.9 Å². The predicted octanol–water partition coefficient (Wildman–Crippen LogP) is 7.58. The molecule has 5 nitrogen and oxygen atoms in total. The standard InChI is InChI=1S/C28H23BrCl2N2O3/c1-2-35-26-12-21(24(29)15-27(26)36-17-20-10-11-22(30)14-25(20)31)16-32-33-28(34)13-19-8-5-7-18-6-3-4-9-23(18)19/h3-12,14-16H,2,13,17H2,1H3,(H,33,34)/b32-16-. The van der Waals surface area contributed by atoms with Crippen molar-refractivity contribution in [2.75, 3.05) is 6.61 Å². The largest absolute Gasteiger partial charge is 0.490 e. The first-order chi connectivity index (χ1) is 17.4. The van der Waals surface area contributed by atoms with E-state index in [9.17, 15) is 4.79 Å². The first-order valence-corrected chi connectivity index (χ1v) is 12.8. The van der Waals surface area contributed by atoms with E-state index in [1.165, 1.54) is 0 Å². The summed E-state index contributed by atoms with van der Waals surface area (Å²) < 4.78 is 12.5. The molecule has 36 heavy (non-hydrogen) atoms. The van der Waals surface area contributed by atoms with Gasteiger partial charge in [0.2, 0.25) is 5.91 Å². The van der Waals surface area contributed by atoms with E-state index < -0.39 is 0 Å². The van der Waals surface area contributed by atoms with Crippen LogP contribution in [0, 0.1) is 0 Å². The Hall–Kier alpha value is -3.06. The number of rotatable bonds is 9. The summed E-state index contributed by atoms with van der Waals surface area (Å²) >= 11 is 15.8. The van der Waals surface area contributed by atoms with Crippen molar-refractivity contribution in [1.82, 2.24) is 5.43 Å². The molecule has 0 heterocycles. The third-order valence-corrected chi connectivity index (χ3v) is 6.66. The van der Waals surface area contributed by atoms with Crippen molar-refractivity contribution < 1.29 is 14.3 Å². The van der Waals surface area contributed by atoms with Crippen LogP contribution >= 0.6 is 39.1 Å². The average molecular weight is 586 g/mol. The second kappa shape index (κ2) is 12.3. The normalized spacial score (nSPS) is 11.1. The zero-order chi connectivity index (χ0) is 25.5. The van der Waals surface area contributed by atoms with Gasteiger partial charge in [0.05, 0.1) is 19.2 Å². The number of hydrazone groups is 1. The summed E-state index contributed by atoms with van der Waals surface area (Å²) in [7, 11) is 0. The van der Waals surface area contributed by atoms with Crippen LogP contribution in [-0.2, 0) is 17.8 Å². The lowest BCUT2D eigenvalue weighted by Crippen LogP contribution is -2.20. The van der Waals surface area contributed by atoms with Crippen molar-refractivity contribution in [2.24, 2.45) is 5.10 Å². The van der Waals surface area contributed by atoms with Gasteiger partial charge in [0.15, 0.2) is 11.5 Å². The molecule has 0 aliphatic carbocycles. The molecule has 4 rings (SSSR count). The maximum absolute atomic E-state index is 12.5. The number of halogens is 3. The van der Waals surface area contributed by atoms with Gasteiger partial charge in [-0.3, -0.25) is 4.79 Å². The Labute approximate surface area is 228 Å². The van der Waals surface area contributed by atoms with Crippen LogP contribution in [-0.4, -0.2) is 18.7 Å². The number of carbonyl (C=O) groups is 1. The number of benzene rings is 4. The lowest BCUT2D eigenvalue weighted by atomic mass is 10.0.